The van der Waals surface area contributed by atoms with Crippen LogP contribution in [-0.2, 0) is 6.54 Å². The van der Waals surface area contributed by atoms with Crippen molar-refractivity contribution in [3.63, 3.8) is 0 Å². The van der Waals surface area contributed by atoms with Gasteiger partial charge in [0.15, 0.2) is 0 Å². The van der Waals surface area contributed by atoms with E-state index >= 15 is 0 Å². The number of hydrogen-bond donors (Lipinski definition) is 1. The van der Waals surface area contributed by atoms with Gasteiger partial charge < -0.3 is 5.73 Å². The summed E-state index contributed by atoms with van der Waals surface area (Å²) >= 11 is 0. The molecule has 0 amide bonds. The maximum absolute atomic E-state index is 12.9. The maximum Gasteiger partial charge on any atom is 0.319 e. The van der Waals surface area contributed by atoms with E-state index in [2.05, 4.69) is 15.0 Å². The van der Waals surface area contributed by atoms with Crippen LogP contribution >= 0.6 is 0 Å². The third-order valence-corrected chi connectivity index (χ3v) is 2.32. The zero-order chi connectivity index (χ0) is 12.4. The first kappa shape index (κ1) is 11.2. The first-order valence-electron chi connectivity index (χ1n) is 4.68. The number of hydrogen-bond acceptors (Lipinski definition) is 3. The number of fused-ring (bicyclic) bond motifs is 1. The maximum atomic E-state index is 12.9. The summed E-state index contributed by atoms with van der Waals surface area (Å²) in [4.78, 5) is 6.36. The first-order chi connectivity index (χ1) is 8.13. The fourth-order valence-electron chi connectivity index (χ4n) is 1.65. The molecule has 2 N–H and O–H groups in total. The number of halogens is 2. The molecule has 0 unspecified atom stereocenters. The molecule has 0 aliphatic carbocycles. The number of azide groups is 1. The minimum atomic E-state index is -2.72. The van der Waals surface area contributed by atoms with Gasteiger partial charge in [-0.1, -0.05) is 5.11 Å². The monoisotopic (exact) mass is 238 g/mol. The summed E-state index contributed by atoms with van der Waals surface area (Å²) in [7, 11) is 0. The van der Waals surface area contributed by atoms with Crippen LogP contribution in [0.4, 0.5) is 14.6 Å². The van der Waals surface area contributed by atoms with E-state index in [0.29, 0.717) is 5.39 Å². The van der Waals surface area contributed by atoms with Crippen molar-refractivity contribution in [2.75, 3.05) is 5.73 Å². The number of nitrogens with two attached hydrogens (primary N) is 1. The number of rotatable bonds is 3. The Morgan fingerprint density at radius 1 is 1.53 bits per heavy atom. The fraction of sp³-hybridized carbons (Fsp3) is 0.222. The van der Waals surface area contributed by atoms with Crippen LogP contribution in [0, 0.1) is 0 Å². The average molecular weight is 238 g/mol. The van der Waals surface area contributed by atoms with Crippen LogP contribution in [0.25, 0.3) is 21.3 Å². The van der Waals surface area contributed by atoms with Crippen molar-refractivity contribution in [3.8, 4) is 0 Å². The number of pyridine rings is 1. The van der Waals surface area contributed by atoms with Crippen LogP contribution in [0.15, 0.2) is 23.4 Å². The second-order valence-corrected chi connectivity index (χ2v) is 3.34. The molecule has 2 aromatic rings. The zero-order valence-corrected chi connectivity index (χ0v) is 8.59. The van der Waals surface area contributed by atoms with Crippen LogP contribution in [0.3, 0.4) is 0 Å². The Balaban J connectivity index is 2.66. The molecule has 0 radical (unpaired) electrons. The molecule has 0 aliphatic rings. The van der Waals surface area contributed by atoms with Crippen molar-refractivity contribution in [2.45, 2.75) is 13.1 Å². The molecule has 0 saturated carbocycles. The lowest BCUT2D eigenvalue weighted by molar-refractivity contribution is 0.0724. The van der Waals surface area contributed by atoms with Crippen molar-refractivity contribution >= 4 is 16.7 Å². The number of aromatic nitrogens is 2. The van der Waals surface area contributed by atoms with Crippen molar-refractivity contribution in [1.29, 1.82) is 0 Å². The van der Waals surface area contributed by atoms with Gasteiger partial charge in [-0.2, -0.15) is 8.78 Å². The van der Waals surface area contributed by atoms with Gasteiger partial charge in [-0.05, 0) is 11.6 Å². The minimum absolute atomic E-state index is 0.143. The molecule has 8 heteroatoms. The second-order valence-electron chi connectivity index (χ2n) is 3.34. The highest BCUT2D eigenvalue weighted by molar-refractivity contribution is 5.82. The lowest BCUT2D eigenvalue weighted by atomic mass is 10.3. The molecule has 17 heavy (non-hydrogen) atoms. The van der Waals surface area contributed by atoms with Gasteiger partial charge in [-0.15, -0.1) is 0 Å². The van der Waals surface area contributed by atoms with Crippen LogP contribution in [0.2, 0.25) is 0 Å². The number of anilines is 1. The first-order valence-corrected chi connectivity index (χ1v) is 4.68. The molecule has 0 bridgehead atoms. The van der Waals surface area contributed by atoms with E-state index in [1.165, 1.54) is 18.3 Å². The van der Waals surface area contributed by atoms with Crippen molar-refractivity contribution in [3.05, 3.63) is 34.5 Å². The Kier molecular flexibility index (Phi) is 2.80. The van der Waals surface area contributed by atoms with Gasteiger partial charge in [0.2, 0.25) is 0 Å². The van der Waals surface area contributed by atoms with E-state index in [1.807, 2.05) is 0 Å². The van der Waals surface area contributed by atoms with Gasteiger partial charge in [-0.25, -0.2) is 4.98 Å². The van der Waals surface area contributed by atoms with Gasteiger partial charge in [0.05, 0.1) is 12.1 Å². The van der Waals surface area contributed by atoms with E-state index in [9.17, 15) is 8.78 Å². The SMILES string of the molecule is [N-]=[N+]=NCc1cc2cnc(N)cc2n1C(F)F. The molecule has 2 rings (SSSR count). The minimum Gasteiger partial charge on any atom is -0.384 e. The highest BCUT2D eigenvalue weighted by Crippen LogP contribution is 2.26. The standard InChI is InChI=1S/C9H8F2N6/c10-9(11)17-6(4-15-16-13)1-5-3-14-8(12)2-7(5)17/h1-3,9H,4H2,(H2,12,14). The van der Waals surface area contributed by atoms with Gasteiger partial charge in [-0.3, -0.25) is 4.57 Å². The Bertz CT molecular complexity index is 599. The van der Waals surface area contributed by atoms with E-state index < -0.39 is 6.55 Å². The summed E-state index contributed by atoms with van der Waals surface area (Å²) < 4.78 is 26.6. The highest BCUT2D eigenvalue weighted by atomic mass is 19.3. The Morgan fingerprint density at radius 3 is 2.94 bits per heavy atom. The summed E-state index contributed by atoms with van der Waals surface area (Å²) in [5.74, 6) is 0.160. The molecule has 0 spiro atoms. The summed E-state index contributed by atoms with van der Waals surface area (Å²) in [5, 5.41) is 3.81. The largest absolute Gasteiger partial charge is 0.384 e. The topological polar surface area (TPSA) is 92.6 Å². The van der Waals surface area contributed by atoms with Gasteiger partial charge >= 0.3 is 6.55 Å². The Hall–Kier alpha value is -2.34. The molecule has 2 aromatic heterocycles. The van der Waals surface area contributed by atoms with Crippen LogP contribution in [-0.4, -0.2) is 9.55 Å². The van der Waals surface area contributed by atoms with Crippen LogP contribution in [0.1, 0.15) is 12.2 Å². The summed E-state index contributed by atoms with van der Waals surface area (Å²) in [6.45, 7) is -2.87. The third kappa shape index (κ3) is 1.98. The molecule has 88 valence electrons. The number of nitrogen functional groups attached to an aromatic ring is 1. The number of nitrogens with zero attached hydrogens (tertiary/aromatic N) is 5. The lowest BCUT2D eigenvalue weighted by Gasteiger charge is -2.07. The molecule has 2 heterocycles. The van der Waals surface area contributed by atoms with Gasteiger partial charge in [0, 0.05) is 28.3 Å². The van der Waals surface area contributed by atoms with Gasteiger partial charge in [0.1, 0.15) is 5.82 Å². The van der Waals surface area contributed by atoms with E-state index in [4.69, 9.17) is 11.3 Å². The predicted octanol–water partition coefficient (Wildman–Crippen LogP) is 2.82. The molecule has 0 saturated heterocycles. The van der Waals surface area contributed by atoms with E-state index in [-0.39, 0.29) is 23.6 Å². The van der Waals surface area contributed by atoms with E-state index in [0.717, 1.165) is 4.57 Å². The van der Waals surface area contributed by atoms with Crippen LogP contribution < -0.4 is 5.73 Å². The fourth-order valence-corrected chi connectivity index (χ4v) is 1.65. The van der Waals surface area contributed by atoms with Crippen molar-refractivity contribution < 1.29 is 8.78 Å². The second kappa shape index (κ2) is 4.26. The molecular formula is C9H8F2N6. The summed E-state index contributed by atoms with van der Waals surface area (Å²) in [6, 6.07) is 2.86. The lowest BCUT2D eigenvalue weighted by Crippen LogP contribution is -2.02. The summed E-state index contributed by atoms with van der Waals surface area (Å²) in [5.41, 5.74) is 14.2. The summed E-state index contributed by atoms with van der Waals surface area (Å²) in [6.07, 6.45) is 1.41. The molecule has 6 nitrogen and oxygen atoms in total. The molecule has 0 aromatic carbocycles. The smallest absolute Gasteiger partial charge is 0.319 e. The molecule has 0 atom stereocenters. The van der Waals surface area contributed by atoms with Crippen LogP contribution in [0.5, 0.6) is 0 Å². The molecule has 0 aliphatic heterocycles. The predicted molar refractivity (Wildman–Crippen MR) is 58.2 cm³/mol. The molecular weight excluding hydrogens is 230 g/mol. The normalized spacial score (nSPS) is 10.8. The van der Waals surface area contributed by atoms with Crippen molar-refractivity contribution in [2.24, 2.45) is 5.11 Å². The van der Waals surface area contributed by atoms with E-state index in [1.54, 1.807) is 0 Å². The Labute approximate surface area is 94.3 Å². The van der Waals surface area contributed by atoms with Crippen molar-refractivity contribution in [1.82, 2.24) is 9.55 Å². The highest BCUT2D eigenvalue weighted by Gasteiger charge is 2.15. The Morgan fingerprint density at radius 2 is 2.29 bits per heavy atom. The average Bonchev–Trinajstić information content (AvgIpc) is 2.63. The third-order valence-electron chi connectivity index (χ3n) is 2.32. The zero-order valence-electron chi connectivity index (χ0n) is 8.59. The quantitative estimate of drug-likeness (QED) is 0.505. The molecule has 0 fully saturated rings. The van der Waals surface area contributed by atoms with Gasteiger partial charge in [0.25, 0.3) is 0 Å². The number of alkyl halides is 2.